The van der Waals surface area contributed by atoms with Gasteiger partial charge in [0.15, 0.2) is 0 Å². The van der Waals surface area contributed by atoms with Crippen molar-refractivity contribution < 1.29 is 29.4 Å². The van der Waals surface area contributed by atoms with Gasteiger partial charge in [0.1, 0.15) is 18.6 Å². The zero-order valence-electron chi connectivity index (χ0n) is 14.9. The van der Waals surface area contributed by atoms with Crippen molar-refractivity contribution in [3.8, 4) is 0 Å². The summed E-state index contributed by atoms with van der Waals surface area (Å²) in [4.78, 5) is 45.6. The number of hydrogen-bond donors (Lipinski definition) is 5. The number of halogens is 1. The van der Waals surface area contributed by atoms with Gasteiger partial charge in [0, 0.05) is 22.9 Å². The van der Waals surface area contributed by atoms with Gasteiger partial charge in [0.2, 0.25) is 11.8 Å². The molecule has 28 heavy (non-hydrogen) atoms. The zero-order valence-corrected chi connectivity index (χ0v) is 16.5. The third-order valence-electron chi connectivity index (χ3n) is 3.57. The molecule has 9 nitrogen and oxygen atoms in total. The molecular weight excluding hydrogens is 410 g/mol. The summed E-state index contributed by atoms with van der Waals surface area (Å²) in [7, 11) is 0. The molecular formula is C17H22ClN3O6S. The number of nitrogens with one attached hydrogen (secondary N) is 2. The van der Waals surface area contributed by atoms with Gasteiger partial charge in [-0.2, -0.15) is 11.8 Å². The van der Waals surface area contributed by atoms with Crippen molar-refractivity contribution in [1.29, 1.82) is 0 Å². The van der Waals surface area contributed by atoms with E-state index in [2.05, 4.69) is 10.6 Å². The maximum Gasteiger partial charge on any atom is 0.322 e. The summed E-state index contributed by atoms with van der Waals surface area (Å²) in [6, 6.07) is 5.02. The third kappa shape index (κ3) is 9.07. The average Bonchev–Trinajstić information content (AvgIpc) is 2.64. The number of rotatable bonds is 12. The maximum absolute atomic E-state index is 12.2. The van der Waals surface area contributed by atoms with Crippen LogP contribution in [0.1, 0.15) is 18.4 Å². The maximum atomic E-state index is 12.2. The van der Waals surface area contributed by atoms with Crippen LogP contribution in [-0.2, 0) is 24.9 Å². The second-order valence-corrected chi connectivity index (χ2v) is 7.26. The molecule has 0 aromatic heterocycles. The van der Waals surface area contributed by atoms with Crippen LogP contribution in [0.2, 0.25) is 5.02 Å². The van der Waals surface area contributed by atoms with Crippen molar-refractivity contribution in [3.05, 3.63) is 34.9 Å². The van der Waals surface area contributed by atoms with Crippen LogP contribution in [0.4, 0.5) is 0 Å². The molecule has 0 bridgehead atoms. The van der Waals surface area contributed by atoms with Crippen LogP contribution in [0.15, 0.2) is 24.3 Å². The van der Waals surface area contributed by atoms with Crippen molar-refractivity contribution in [3.63, 3.8) is 0 Å². The van der Waals surface area contributed by atoms with Gasteiger partial charge in [-0.05, 0) is 18.1 Å². The highest BCUT2D eigenvalue weighted by atomic mass is 35.5. The molecule has 6 N–H and O–H groups in total. The van der Waals surface area contributed by atoms with Gasteiger partial charge in [0.05, 0.1) is 0 Å². The van der Waals surface area contributed by atoms with Gasteiger partial charge in [-0.1, -0.05) is 29.8 Å². The summed E-state index contributed by atoms with van der Waals surface area (Å²) in [5.74, 6) is -2.97. The molecule has 1 aromatic rings. The third-order valence-corrected chi connectivity index (χ3v) is 5.02. The Bertz CT molecular complexity index is 718. The van der Waals surface area contributed by atoms with E-state index in [1.165, 1.54) is 11.8 Å². The predicted octanol–water partition coefficient (Wildman–Crippen LogP) is 0.451. The smallest absolute Gasteiger partial charge is 0.322 e. The number of nitrogens with two attached hydrogens (primary N) is 1. The molecule has 1 rings (SSSR count). The van der Waals surface area contributed by atoms with Gasteiger partial charge in [-0.15, -0.1) is 0 Å². The summed E-state index contributed by atoms with van der Waals surface area (Å²) in [6.45, 7) is -0.579. The first kappa shape index (κ1) is 23.7. The fraction of sp³-hybridized carbons (Fsp3) is 0.412. The molecule has 154 valence electrons. The molecule has 0 unspecified atom stereocenters. The number of benzene rings is 1. The van der Waals surface area contributed by atoms with E-state index in [1.54, 1.807) is 12.1 Å². The summed E-state index contributed by atoms with van der Waals surface area (Å²) in [5.41, 5.74) is 6.21. The van der Waals surface area contributed by atoms with Crippen LogP contribution in [-0.4, -0.2) is 58.3 Å². The minimum absolute atomic E-state index is 0.0859. The van der Waals surface area contributed by atoms with E-state index in [-0.39, 0.29) is 18.6 Å². The SMILES string of the molecule is N[C@@H](CCC(=O)N[C@@H](CSCc1ccccc1Cl)C(=O)NCC(=O)O)C(=O)O. The first-order valence-corrected chi connectivity index (χ1v) is 9.82. The topological polar surface area (TPSA) is 159 Å². The molecule has 0 spiro atoms. The van der Waals surface area contributed by atoms with Crippen molar-refractivity contribution >= 4 is 47.1 Å². The van der Waals surface area contributed by atoms with E-state index in [4.69, 9.17) is 27.5 Å². The standard InChI is InChI=1S/C17H22ClN3O6S/c18-11-4-2-1-3-10(11)8-28-9-13(16(25)20-7-15(23)24)21-14(22)6-5-12(19)17(26)27/h1-4,12-13H,5-9,19H2,(H,20,25)(H,21,22)(H,23,24)(H,26,27)/t12-,13-/m0/s1. The van der Waals surface area contributed by atoms with E-state index in [9.17, 15) is 19.2 Å². The van der Waals surface area contributed by atoms with Crippen LogP contribution in [0.5, 0.6) is 0 Å². The van der Waals surface area contributed by atoms with Crippen molar-refractivity contribution in [1.82, 2.24) is 10.6 Å². The lowest BCUT2D eigenvalue weighted by atomic mass is 10.1. The number of amides is 2. The fourth-order valence-corrected chi connectivity index (χ4v) is 3.39. The van der Waals surface area contributed by atoms with Crippen LogP contribution in [0, 0.1) is 0 Å². The fourth-order valence-electron chi connectivity index (χ4n) is 2.05. The lowest BCUT2D eigenvalue weighted by Gasteiger charge is -2.18. The molecule has 2 atom stereocenters. The monoisotopic (exact) mass is 431 g/mol. The van der Waals surface area contributed by atoms with E-state index < -0.39 is 42.4 Å². The Morgan fingerprint density at radius 2 is 1.86 bits per heavy atom. The van der Waals surface area contributed by atoms with Gasteiger partial charge in [0.25, 0.3) is 0 Å². The van der Waals surface area contributed by atoms with E-state index in [1.807, 2.05) is 12.1 Å². The number of aliphatic carboxylic acids is 2. The van der Waals surface area contributed by atoms with E-state index >= 15 is 0 Å². The summed E-state index contributed by atoms with van der Waals surface area (Å²) in [6.07, 6.45) is -0.261. The summed E-state index contributed by atoms with van der Waals surface area (Å²) < 4.78 is 0. The van der Waals surface area contributed by atoms with E-state index in [0.717, 1.165) is 5.56 Å². The van der Waals surface area contributed by atoms with Gasteiger partial charge in [-0.25, -0.2) is 0 Å². The molecule has 2 amide bonds. The Morgan fingerprint density at radius 1 is 1.18 bits per heavy atom. The summed E-state index contributed by atoms with van der Waals surface area (Å²) >= 11 is 7.42. The van der Waals surface area contributed by atoms with Crippen LogP contribution < -0.4 is 16.4 Å². The lowest BCUT2D eigenvalue weighted by Crippen LogP contribution is -2.49. The van der Waals surface area contributed by atoms with Crippen molar-refractivity contribution in [2.75, 3.05) is 12.3 Å². The molecule has 0 radical (unpaired) electrons. The predicted molar refractivity (Wildman–Crippen MR) is 105 cm³/mol. The van der Waals surface area contributed by atoms with Crippen LogP contribution in [0.3, 0.4) is 0 Å². The van der Waals surface area contributed by atoms with Gasteiger partial charge in [-0.3, -0.25) is 19.2 Å². The second-order valence-electron chi connectivity index (χ2n) is 5.82. The molecule has 0 fully saturated rings. The first-order valence-electron chi connectivity index (χ1n) is 8.29. The molecule has 0 aliphatic heterocycles. The number of carbonyl (C=O) groups excluding carboxylic acids is 2. The van der Waals surface area contributed by atoms with Crippen LogP contribution in [0.25, 0.3) is 0 Å². The molecule has 0 aliphatic rings. The number of carbonyl (C=O) groups is 4. The molecule has 1 aromatic carbocycles. The number of carboxylic acids is 2. The highest BCUT2D eigenvalue weighted by Gasteiger charge is 2.22. The van der Waals surface area contributed by atoms with Crippen LogP contribution >= 0.6 is 23.4 Å². The minimum atomic E-state index is -1.22. The number of carboxylic acid groups (broad SMARTS) is 2. The molecule has 0 heterocycles. The van der Waals surface area contributed by atoms with E-state index in [0.29, 0.717) is 10.8 Å². The normalized spacial score (nSPS) is 12.6. The van der Waals surface area contributed by atoms with Crippen molar-refractivity contribution in [2.45, 2.75) is 30.7 Å². The quantitative estimate of drug-likeness (QED) is 0.319. The Morgan fingerprint density at radius 3 is 2.46 bits per heavy atom. The Balaban J connectivity index is 2.63. The molecule has 11 heteroatoms. The molecule has 0 saturated heterocycles. The second kappa shape index (κ2) is 12.2. The molecule has 0 saturated carbocycles. The lowest BCUT2D eigenvalue weighted by molar-refractivity contribution is -0.139. The largest absolute Gasteiger partial charge is 0.480 e. The minimum Gasteiger partial charge on any atom is -0.480 e. The van der Waals surface area contributed by atoms with Gasteiger partial charge < -0.3 is 26.6 Å². The Kier molecular flexibility index (Phi) is 10.4. The number of thioether (sulfide) groups is 1. The Labute approximate surface area is 171 Å². The number of hydrogen-bond acceptors (Lipinski definition) is 6. The zero-order chi connectivity index (χ0) is 21.1. The highest BCUT2D eigenvalue weighted by molar-refractivity contribution is 7.98. The Hall–Kier alpha value is -2.30. The highest BCUT2D eigenvalue weighted by Crippen LogP contribution is 2.21. The van der Waals surface area contributed by atoms with Crippen molar-refractivity contribution in [2.24, 2.45) is 5.73 Å². The van der Waals surface area contributed by atoms with Gasteiger partial charge >= 0.3 is 11.9 Å². The first-order chi connectivity index (χ1) is 13.2. The summed E-state index contributed by atoms with van der Waals surface area (Å²) in [5, 5.41) is 22.7. The molecule has 0 aliphatic carbocycles. The average molecular weight is 432 g/mol.